The number of carbonyl (C=O) groups is 1. The Morgan fingerprint density at radius 2 is 1.04 bits per heavy atom. The Kier molecular flexibility index (Phi) is 10.7. The minimum Gasteiger partial charge on any atom is -0.496 e. The third-order valence-corrected chi connectivity index (χ3v) is 9.91. The predicted octanol–water partition coefficient (Wildman–Crippen LogP) is 10.7. The summed E-state index contributed by atoms with van der Waals surface area (Å²) in [5, 5.41) is 0. The maximum Gasteiger partial charge on any atom is 0.325 e. The lowest BCUT2D eigenvalue weighted by Crippen LogP contribution is -2.25. The molecule has 4 rings (SSSR count). The van der Waals surface area contributed by atoms with Crippen LogP contribution in [0.5, 0.6) is 11.5 Å². The lowest BCUT2D eigenvalue weighted by atomic mass is 9.75. The van der Waals surface area contributed by atoms with E-state index in [0.29, 0.717) is 6.61 Å². The molecule has 6 heteroatoms. The van der Waals surface area contributed by atoms with Gasteiger partial charge in [0.2, 0.25) is 0 Å². The van der Waals surface area contributed by atoms with Crippen LogP contribution in [0.25, 0.3) is 0 Å². The highest BCUT2D eigenvalue weighted by molar-refractivity contribution is 9.10. The van der Waals surface area contributed by atoms with Crippen molar-refractivity contribution in [1.29, 1.82) is 0 Å². The summed E-state index contributed by atoms with van der Waals surface area (Å²) in [6.45, 7) is 29.1. The first-order valence-corrected chi connectivity index (χ1v) is 18.0. The second kappa shape index (κ2) is 13.5. The normalized spacial score (nSPS) is 18.6. The molecule has 3 atom stereocenters. The van der Waals surface area contributed by atoms with Crippen molar-refractivity contribution in [1.82, 2.24) is 4.90 Å². The molecule has 0 N–H and O–H groups in total. The third kappa shape index (κ3) is 7.65. The molecule has 48 heavy (non-hydrogen) atoms. The number of esters is 1. The Morgan fingerprint density at radius 3 is 1.33 bits per heavy atom. The first-order valence-electron chi connectivity index (χ1n) is 17.2. The van der Waals surface area contributed by atoms with Gasteiger partial charge in [0.25, 0.3) is 0 Å². The lowest BCUT2D eigenvalue weighted by molar-refractivity contribution is -0.143. The Morgan fingerprint density at radius 1 is 0.688 bits per heavy atom. The minimum atomic E-state index is -0.437. The minimum absolute atomic E-state index is 0.154. The number of nitrogens with zero attached hydrogens (tertiary/aromatic N) is 1. The molecule has 3 aromatic rings. The van der Waals surface area contributed by atoms with Crippen LogP contribution in [0, 0.1) is 0 Å². The zero-order chi connectivity index (χ0) is 36.1. The second-order valence-corrected chi connectivity index (χ2v) is 18.3. The highest BCUT2D eigenvalue weighted by Gasteiger charge is 2.58. The van der Waals surface area contributed by atoms with Crippen LogP contribution in [0.2, 0.25) is 0 Å². The van der Waals surface area contributed by atoms with E-state index in [1.807, 2.05) is 6.92 Å². The molecule has 262 valence electrons. The summed E-state index contributed by atoms with van der Waals surface area (Å²) in [5.74, 6) is 1.65. The summed E-state index contributed by atoms with van der Waals surface area (Å²) >= 11 is 3.61. The number of carbonyl (C=O) groups excluding carboxylic acids is 1. The monoisotopic (exact) mass is 719 g/mol. The molecule has 0 amide bonds. The second-order valence-electron chi connectivity index (χ2n) is 17.3. The van der Waals surface area contributed by atoms with Crippen LogP contribution < -0.4 is 9.47 Å². The summed E-state index contributed by atoms with van der Waals surface area (Å²) in [5.41, 5.74) is 7.16. The summed E-state index contributed by atoms with van der Waals surface area (Å²) in [4.78, 5) is 16.2. The Labute approximate surface area is 298 Å². The molecule has 1 unspecified atom stereocenters. The highest BCUT2D eigenvalue weighted by Crippen LogP contribution is 2.55. The van der Waals surface area contributed by atoms with E-state index in [0.717, 1.165) is 54.9 Å². The van der Waals surface area contributed by atoms with Gasteiger partial charge in [-0.05, 0) is 81.7 Å². The van der Waals surface area contributed by atoms with Crippen molar-refractivity contribution in [2.24, 2.45) is 0 Å². The zero-order valence-corrected chi connectivity index (χ0v) is 33.6. The fourth-order valence-electron chi connectivity index (χ4n) is 6.88. The smallest absolute Gasteiger partial charge is 0.325 e. The molecule has 0 aliphatic carbocycles. The maximum absolute atomic E-state index is 13.8. The largest absolute Gasteiger partial charge is 0.496 e. The molecular weight excluding hydrogens is 662 g/mol. The molecule has 0 aromatic heterocycles. The molecule has 0 bridgehead atoms. The average molecular weight is 721 g/mol. The third-order valence-electron chi connectivity index (χ3n) is 9.38. The van der Waals surface area contributed by atoms with Crippen LogP contribution in [-0.2, 0) is 31.2 Å². The number of ether oxygens (including phenoxy) is 3. The SMILES string of the molecule is CCOC(=O)[C@H]1[C@@H](c2ccc(Br)cc2)N1C(c1cc(C(C)(C)C)c(OC)c(C(C)(C)C)c1)c1cc(C(C)(C)C)c(OC)c(C(C)(C)C)c1. The molecule has 0 radical (unpaired) electrons. The molecular formula is C42H58BrNO4. The van der Waals surface area contributed by atoms with Gasteiger partial charge in [0.05, 0.1) is 32.9 Å². The van der Waals surface area contributed by atoms with Gasteiger partial charge in [-0.3, -0.25) is 9.69 Å². The van der Waals surface area contributed by atoms with Gasteiger partial charge in [0.15, 0.2) is 0 Å². The summed E-state index contributed by atoms with van der Waals surface area (Å²) < 4.78 is 19.1. The fourth-order valence-corrected chi connectivity index (χ4v) is 7.15. The van der Waals surface area contributed by atoms with Crippen LogP contribution in [0.4, 0.5) is 0 Å². The molecule has 0 spiro atoms. The molecule has 0 saturated carbocycles. The number of hydrogen-bond acceptors (Lipinski definition) is 5. The van der Waals surface area contributed by atoms with E-state index in [4.69, 9.17) is 14.2 Å². The van der Waals surface area contributed by atoms with Crippen LogP contribution >= 0.6 is 15.9 Å². The van der Waals surface area contributed by atoms with Gasteiger partial charge in [0, 0.05) is 26.7 Å². The average Bonchev–Trinajstić information content (AvgIpc) is 3.70. The quantitative estimate of drug-likeness (QED) is 0.171. The lowest BCUT2D eigenvalue weighted by Gasteiger charge is -2.34. The summed E-state index contributed by atoms with van der Waals surface area (Å²) in [6.07, 6.45) is 0. The summed E-state index contributed by atoms with van der Waals surface area (Å²) in [7, 11) is 3.55. The van der Waals surface area contributed by atoms with E-state index in [-0.39, 0.29) is 39.7 Å². The predicted molar refractivity (Wildman–Crippen MR) is 202 cm³/mol. The highest BCUT2D eigenvalue weighted by atomic mass is 79.9. The van der Waals surface area contributed by atoms with Crippen LogP contribution in [-0.4, -0.2) is 37.7 Å². The van der Waals surface area contributed by atoms with Gasteiger partial charge in [0.1, 0.15) is 17.5 Å². The zero-order valence-electron chi connectivity index (χ0n) is 32.0. The van der Waals surface area contributed by atoms with Crippen molar-refractivity contribution in [2.45, 2.75) is 130 Å². The number of rotatable bonds is 8. The molecule has 3 aromatic carbocycles. The number of halogens is 1. The van der Waals surface area contributed by atoms with Crippen molar-refractivity contribution in [2.75, 3.05) is 20.8 Å². The maximum atomic E-state index is 13.8. The number of benzene rings is 3. The van der Waals surface area contributed by atoms with Gasteiger partial charge < -0.3 is 14.2 Å². The molecule has 1 aliphatic rings. The number of methoxy groups -OCH3 is 2. The van der Waals surface area contributed by atoms with Gasteiger partial charge >= 0.3 is 5.97 Å². The van der Waals surface area contributed by atoms with E-state index in [2.05, 4.69) is 152 Å². The topological polar surface area (TPSA) is 47.8 Å². The van der Waals surface area contributed by atoms with E-state index in [9.17, 15) is 4.79 Å². The van der Waals surface area contributed by atoms with Gasteiger partial charge in [-0.25, -0.2) is 0 Å². The summed E-state index contributed by atoms with van der Waals surface area (Å²) in [6, 6.07) is 16.7. The van der Waals surface area contributed by atoms with Crippen LogP contribution in [0.15, 0.2) is 53.0 Å². The Hall–Kier alpha value is -2.83. The van der Waals surface area contributed by atoms with Crippen LogP contribution in [0.3, 0.4) is 0 Å². The van der Waals surface area contributed by atoms with Gasteiger partial charge in [-0.1, -0.05) is 111 Å². The number of hydrogen-bond donors (Lipinski definition) is 0. The molecule has 1 saturated heterocycles. The molecule has 1 fully saturated rings. The van der Waals surface area contributed by atoms with E-state index in [1.165, 1.54) is 0 Å². The standard InChI is InChI=1S/C42H58BrNO4/c1-16-48-38(45)35-34(25-17-19-28(43)20-18-25)44(35)33(26-21-29(39(2,3)4)36(46-14)30(22-26)40(5,6)7)27-23-31(41(8,9)10)37(47-15)32(24-27)42(11,12)13/h17-24,33-35H,16H2,1-15H3/t34-,35-,44?/m1/s1. The first-order chi connectivity index (χ1) is 22.1. The van der Waals surface area contributed by atoms with Crippen molar-refractivity contribution in [3.8, 4) is 11.5 Å². The fraction of sp³-hybridized carbons (Fsp3) is 0.548. The van der Waals surface area contributed by atoms with Crippen molar-refractivity contribution < 1.29 is 19.0 Å². The van der Waals surface area contributed by atoms with Gasteiger partial charge in [-0.15, -0.1) is 0 Å². The first kappa shape index (κ1) is 38.0. The molecule has 1 heterocycles. The van der Waals surface area contributed by atoms with Gasteiger partial charge in [-0.2, -0.15) is 0 Å². The van der Waals surface area contributed by atoms with E-state index >= 15 is 0 Å². The molecule has 1 aliphatic heterocycles. The molecule has 5 nitrogen and oxygen atoms in total. The van der Waals surface area contributed by atoms with E-state index in [1.54, 1.807) is 14.2 Å². The van der Waals surface area contributed by atoms with Crippen molar-refractivity contribution in [3.63, 3.8) is 0 Å². The Balaban J connectivity index is 2.17. The van der Waals surface area contributed by atoms with E-state index < -0.39 is 6.04 Å². The van der Waals surface area contributed by atoms with Crippen molar-refractivity contribution in [3.05, 3.63) is 91.9 Å². The van der Waals surface area contributed by atoms with Crippen LogP contribution in [0.1, 0.15) is 141 Å². The Bertz CT molecular complexity index is 1480. The van der Waals surface area contributed by atoms with Crippen molar-refractivity contribution >= 4 is 21.9 Å².